The van der Waals surface area contributed by atoms with E-state index >= 15 is 0 Å². The molecule has 0 amide bonds. The third-order valence-corrected chi connectivity index (χ3v) is 3.33. The lowest BCUT2D eigenvalue weighted by Gasteiger charge is -2.23. The summed E-state index contributed by atoms with van der Waals surface area (Å²) in [5, 5.41) is 22.0. The monoisotopic (exact) mass is 236 g/mol. The van der Waals surface area contributed by atoms with E-state index in [-0.39, 0.29) is 12.1 Å². The van der Waals surface area contributed by atoms with Crippen molar-refractivity contribution in [3.63, 3.8) is 0 Å². The van der Waals surface area contributed by atoms with Gasteiger partial charge in [-0.3, -0.25) is 4.90 Å². The average molecular weight is 236 g/mol. The fourth-order valence-corrected chi connectivity index (χ4v) is 2.31. The van der Waals surface area contributed by atoms with Crippen LogP contribution in [0.5, 0.6) is 5.75 Å². The van der Waals surface area contributed by atoms with Crippen molar-refractivity contribution >= 4 is 0 Å². The zero-order chi connectivity index (χ0) is 12.3. The van der Waals surface area contributed by atoms with Crippen LogP contribution in [0.2, 0.25) is 0 Å². The number of aliphatic hydroxyl groups is 1. The van der Waals surface area contributed by atoms with E-state index in [1.165, 1.54) is 0 Å². The number of nitrogens with one attached hydrogen (secondary N) is 1. The minimum Gasteiger partial charge on any atom is -0.508 e. The first-order chi connectivity index (χ1) is 8.19. The van der Waals surface area contributed by atoms with Crippen LogP contribution in [0.25, 0.3) is 0 Å². The van der Waals surface area contributed by atoms with Crippen LogP contribution in [-0.2, 0) is 0 Å². The molecule has 1 aromatic carbocycles. The van der Waals surface area contributed by atoms with E-state index in [2.05, 4.69) is 10.2 Å². The molecule has 1 aromatic rings. The number of rotatable bonds is 4. The third-order valence-electron chi connectivity index (χ3n) is 3.33. The quantitative estimate of drug-likeness (QED) is 0.721. The largest absolute Gasteiger partial charge is 0.508 e. The first kappa shape index (κ1) is 12.4. The van der Waals surface area contributed by atoms with Gasteiger partial charge in [0, 0.05) is 25.7 Å². The van der Waals surface area contributed by atoms with Crippen molar-refractivity contribution in [1.82, 2.24) is 10.2 Å². The number of nitrogens with zero attached hydrogens (tertiary/aromatic N) is 1. The van der Waals surface area contributed by atoms with Gasteiger partial charge in [-0.15, -0.1) is 0 Å². The Hall–Kier alpha value is -1.10. The number of likely N-dealkylation sites (N-methyl/N-ethyl adjacent to an activating group) is 1. The summed E-state index contributed by atoms with van der Waals surface area (Å²) in [5.41, 5.74) is 1.16. The van der Waals surface area contributed by atoms with Gasteiger partial charge in [0.15, 0.2) is 0 Å². The van der Waals surface area contributed by atoms with Gasteiger partial charge < -0.3 is 15.5 Å². The molecule has 1 aliphatic heterocycles. The van der Waals surface area contributed by atoms with Crippen LogP contribution < -0.4 is 5.32 Å². The molecule has 0 radical (unpaired) electrons. The maximum absolute atomic E-state index is 9.50. The Bertz CT molecular complexity index is 353. The smallest absolute Gasteiger partial charge is 0.115 e. The Morgan fingerprint density at radius 3 is 2.65 bits per heavy atom. The predicted molar refractivity (Wildman–Crippen MR) is 67.0 cm³/mol. The second-order valence-corrected chi connectivity index (χ2v) is 4.63. The van der Waals surface area contributed by atoms with Crippen LogP contribution in [0.4, 0.5) is 0 Å². The molecule has 2 unspecified atom stereocenters. The molecule has 2 rings (SSSR count). The molecule has 0 aliphatic carbocycles. The van der Waals surface area contributed by atoms with Crippen LogP contribution in [0.3, 0.4) is 0 Å². The van der Waals surface area contributed by atoms with Gasteiger partial charge in [-0.1, -0.05) is 12.1 Å². The zero-order valence-electron chi connectivity index (χ0n) is 10.1. The molecule has 1 fully saturated rings. The van der Waals surface area contributed by atoms with Gasteiger partial charge in [0.25, 0.3) is 0 Å². The summed E-state index contributed by atoms with van der Waals surface area (Å²) in [4.78, 5) is 2.26. The summed E-state index contributed by atoms with van der Waals surface area (Å²) in [6, 6.07) is 7.52. The maximum Gasteiger partial charge on any atom is 0.115 e. The molecule has 1 aliphatic rings. The molecule has 4 nitrogen and oxygen atoms in total. The molecular weight excluding hydrogens is 216 g/mol. The molecule has 3 N–H and O–H groups in total. The SMILES string of the molecule is CNC(CN1CCC(O)C1)c1ccc(O)cc1. The van der Waals surface area contributed by atoms with Crippen molar-refractivity contribution in [1.29, 1.82) is 0 Å². The van der Waals surface area contributed by atoms with Gasteiger partial charge in [0.2, 0.25) is 0 Å². The molecule has 0 saturated carbocycles. The second kappa shape index (κ2) is 5.49. The van der Waals surface area contributed by atoms with Crippen LogP contribution in [0.15, 0.2) is 24.3 Å². The molecule has 94 valence electrons. The number of benzene rings is 1. The second-order valence-electron chi connectivity index (χ2n) is 4.63. The van der Waals surface area contributed by atoms with Crippen molar-refractivity contribution in [3.8, 4) is 5.75 Å². The van der Waals surface area contributed by atoms with Crippen molar-refractivity contribution in [2.75, 3.05) is 26.7 Å². The lowest BCUT2D eigenvalue weighted by Crippen LogP contribution is -2.32. The average Bonchev–Trinajstić information content (AvgIpc) is 2.73. The topological polar surface area (TPSA) is 55.7 Å². The summed E-state index contributed by atoms with van der Waals surface area (Å²) in [7, 11) is 1.93. The lowest BCUT2D eigenvalue weighted by molar-refractivity contribution is 0.173. The minimum atomic E-state index is -0.174. The Morgan fingerprint density at radius 1 is 1.41 bits per heavy atom. The molecule has 1 saturated heterocycles. The molecule has 1 heterocycles. The first-order valence-corrected chi connectivity index (χ1v) is 6.05. The number of hydrogen-bond donors (Lipinski definition) is 3. The van der Waals surface area contributed by atoms with E-state index in [1.807, 2.05) is 19.2 Å². The molecule has 4 heteroatoms. The highest BCUT2D eigenvalue weighted by molar-refractivity contribution is 5.28. The van der Waals surface area contributed by atoms with Gasteiger partial charge in [0.1, 0.15) is 5.75 Å². The van der Waals surface area contributed by atoms with Crippen LogP contribution in [0, 0.1) is 0 Å². The Morgan fingerprint density at radius 2 is 2.12 bits per heavy atom. The summed E-state index contributed by atoms with van der Waals surface area (Å²) in [6.07, 6.45) is 0.693. The maximum atomic E-state index is 9.50. The van der Waals surface area contributed by atoms with E-state index in [1.54, 1.807) is 12.1 Å². The van der Waals surface area contributed by atoms with Crippen LogP contribution in [-0.4, -0.2) is 47.9 Å². The Balaban J connectivity index is 1.98. The summed E-state index contributed by atoms with van der Waals surface area (Å²) < 4.78 is 0. The molecule has 17 heavy (non-hydrogen) atoms. The van der Waals surface area contributed by atoms with Crippen LogP contribution in [0.1, 0.15) is 18.0 Å². The molecule has 0 aromatic heterocycles. The molecular formula is C13H20N2O2. The molecule has 2 atom stereocenters. The van der Waals surface area contributed by atoms with Gasteiger partial charge in [-0.2, -0.15) is 0 Å². The lowest BCUT2D eigenvalue weighted by atomic mass is 10.1. The van der Waals surface area contributed by atoms with Gasteiger partial charge in [0.05, 0.1) is 6.10 Å². The number of hydrogen-bond acceptors (Lipinski definition) is 4. The normalized spacial score (nSPS) is 22.8. The number of likely N-dealkylation sites (tertiary alicyclic amines) is 1. The standard InChI is InChI=1S/C13H20N2O2/c1-14-13(9-15-7-6-12(17)8-15)10-2-4-11(16)5-3-10/h2-5,12-14,16-17H,6-9H2,1H3. The fourth-order valence-electron chi connectivity index (χ4n) is 2.31. The highest BCUT2D eigenvalue weighted by Crippen LogP contribution is 2.19. The summed E-state index contributed by atoms with van der Waals surface area (Å²) in [6.45, 7) is 2.60. The first-order valence-electron chi connectivity index (χ1n) is 6.05. The third kappa shape index (κ3) is 3.19. The van der Waals surface area contributed by atoms with Gasteiger partial charge >= 0.3 is 0 Å². The van der Waals surface area contributed by atoms with E-state index in [4.69, 9.17) is 0 Å². The van der Waals surface area contributed by atoms with Gasteiger partial charge in [-0.05, 0) is 31.2 Å². The number of aliphatic hydroxyl groups excluding tert-OH is 1. The minimum absolute atomic E-state index is 0.174. The molecule has 0 spiro atoms. The Labute approximate surface area is 102 Å². The Kier molecular flexibility index (Phi) is 3.99. The van der Waals surface area contributed by atoms with Crippen molar-refractivity contribution < 1.29 is 10.2 Å². The van der Waals surface area contributed by atoms with Crippen LogP contribution >= 0.6 is 0 Å². The molecule has 0 bridgehead atoms. The summed E-state index contributed by atoms with van der Waals surface area (Å²) in [5.74, 6) is 0.292. The van der Waals surface area contributed by atoms with Crippen molar-refractivity contribution in [2.24, 2.45) is 0 Å². The van der Waals surface area contributed by atoms with E-state index in [0.717, 1.165) is 31.6 Å². The predicted octanol–water partition coefficient (Wildman–Crippen LogP) is 0.719. The number of β-amino-alcohol motifs (C(OH)–C–C–N with tert-alkyl or cyclic N) is 1. The number of phenolic OH excluding ortho intramolecular Hbond substituents is 1. The highest BCUT2D eigenvalue weighted by atomic mass is 16.3. The number of phenols is 1. The highest BCUT2D eigenvalue weighted by Gasteiger charge is 2.22. The van der Waals surface area contributed by atoms with Crippen molar-refractivity contribution in [3.05, 3.63) is 29.8 Å². The van der Waals surface area contributed by atoms with Crippen molar-refractivity contribution in [2.45, 2.75) is 18.6 Å². The zero-order valence-corrected chi connectivity index (χ0v) is 10.1. The van der Waals surface area contributed by atoms with E-state index in [0.29, 0.717) is 5.75 Å². The van der Waals surface area contributed by atoms with Gasteiger partial charge in [-0.25, -0.2) is 0 Å². The van der Waals surface area contributed by atoms with E-state index < -0.39 is 0 Å². The van der Waals surface area contributed by atoms with E-state index in [9.17, 15) is 10.2 Å². The summed E-state index contributed by atoms with van der Waals surface area (Å²) >= 11 is 0. The number of aromatic hydroxyl groups is 1. The fraction of sp³-hybridized carbons (Fsp3) is 0.538.